The molecule has 60 heavy (non-hydrogen) atoms. The number of carbonyl (C=O) groups excluding carboxylic acids is 4. The maximum atomic E-state index is 13.9. The Balaban J connectivity index is 1.39. The number of aliphatic hydroxyl groups excluding tert-OH is 1. The van der Waals surface area contributed by atoms with Gasteiger partial charge in [-0.2, -0.15) is 20.2 Å². The average Bonchev–Trinajstić information content (AvgIpc) is 3.97. The van der Waals surface area contributed by atoms with Gasteiger partial charge in [0.05, 0.1) is 34.5 Å². The molecule has 0 saturated heterocycles. The number of rotatable bonds is 18. The molecule has 5 N–H and O–H groups in total. The average molecular weight is 823 g/mol. The van der Waals surface area contributed by atoms with Crippen LogP contribution in [0.5, 0.6) is 5.75 Å². The third kappa shape index (κ3) is 8.59. The first-order valence-electron chi connectivity index (χ1n) is 20.5. The molecular formula is C42H54N12O6. The largest absolute Gasteiger partial charge is 0.491 e. The summed E-state index contributed by atoms with van der Waals surface area (Å²) in [7, 11) is 0. The molecule has 18 heteroatoms. The fraction of sp³-hybridized carbons (Fsp3) is 0.429. The monoisotopic (exact) mass is 822 g/mol. The number of aliphatic hydroxyl groups is 1. The number of aryl methyl sites for hydroxylation is 8. The summed E-state index contributed by atoms with van der Waals surface area (Å²) in [6, 6.07) is 11.9. The predicted octanol–water partition coefficient (Wildman–Crippen LogP) is 3.60. The van der Waals surface area contributed by atoms with Crippen LogP contribution in [0.4, 0.5) is 0 Å². The molecule has 0 aliphatic rings. The van der Waals surface area contributed by atoms with Crippen LogP contribution in [-0.4, -0.2) is 79.8 Å². The lowest BCUT2D eigenvalue weighted by molar-refractivity contribution is 0.0977. The number of fused-ring (bicyclic) bond motifs is 2. The summed E-state index contributed by atoms with van der Waals surface area (Å²) in [5.74, 6) is -1.70. The van der Waals surface area contributed by atoms with E-state index >= 15 is 0 Å². The van der Waals surface area contributed by atoms with Crippen LogP contribution < -0.4 is 27.4 Å². The fourth-order valence-electron chi connectivity index (χ4n) is 7.63. The number of hydrogen-bond donors (Lipinski definition) is 3. The number of ether oxygens (including phenoxy) is 1. The van der Waals surface area contributed by atoms with Crippen molar-refractivity contribution in [2.75, 3.05) is 13.2 Å². The topological polar surface area (TPSA) is 230 Å². The minimum atomic E-state index is -0.636. The van der Waals surface area contributed by atoms with E-state index < -0.39 is 23.6 Å². The Labute approximate surface area is 346 Å². The van der Waals surface area contributed by atoms with Crippen LogP contribution in [0.1, 0.15) is 106 Å². The smallest absolute Gasteiger partial charge is 0.298 e. The number of nitrogens with zero attached hydrogens (tertiary/aromatic N) is 10. The standard InChI is InChI=1S/C42H54N12O6/c1-7-49-31-23-28(37(43)56)15-16-30(31)51(41(49)45-39(58)33-21-26(5)47-53(33)9-3)17-12-11-13-18-52-36-32(24-29(38(44)57)25-35(36)60-20-14-19-55)50(8-2)42(52)46-40(59)34-22-27(6)48-54(34)10-4/h15-16,21-25,55H,7-14,17-20H2,1-6H3,(H2,43,56)(H2,44,57). The normalized spacial score (nSPS) is 12.3. The van der Waals surface area contributed by atoms with Gasteiger partial charge in [0.1, 0.15) is 22.7 Å². The molecule has 0 fully saturated rings. The van der Waals surface area contributed by atoms with Crippen LogP contribution >= 0.6 is 0 Å². The second-order valence-electron chi connectivity index (χ2n) is 14.5. The molecule has 318 valence electrons. The van der Waals surface area contributed by atoms with Gasteiger partial charge in [0.2, 0.25) is 23.1 Å². The molecule has 0 unspecified atom stereocenters. The lowest BCUT2D eigenvalue weighted by Crippen LogP contribution is -2.28. The number of carbonyl (C=O) groups is 4. The number of primary amides is 2. The Bertz CT molecular complexity index is 2740. The summed E-state index contributed by atoms with van der Waals surface area (Å²) in [6.07, 6.45) is 2.39. The lowest BCUT2D eigenvalue weighted by atomic mass is 10.1. The van der Waals surface area contributed by atoms with E-state index in [9.17, 15) is 24.3 Å². The summed E-state index contributed by atoms with van der Waals surface area (Å²) in [5.41, 5.74) is 17.8. The molecule has 0 aliphatic heterocycles. The van der Waals surface area contributed by atoms with Crippen molar-refractivity contribution in [1.29, 1.82) is 0 Å². The zero-order valence-electron chi connectivity index (χ0n) is 35.1. The van der Waals surface area contributed by atoms with Crippen LogP contribution in [0.2, 0.25) is 0 Å². The van der Waals surface area contributed by atoms with Crippen molar-refractivity contribution < 1.29 is 29.0 Å². The van der Waals surface area contributed by atoms with Crippen LogP contribution in [-0.2, 0) is 39.3 Å². The first-order valence-corrected chi connectivity index (χ1v) is 20.5. The van der Waals surface area contributed by atoms with E-state index in [1.54, 1.807) is 45.8 Å². The van der Waals surface area contributed by atoms with Gasteiger partial charge < -0.3 is 39.6 Å². The molecule has 0 saturated carbocycles. The third-order valence-electron chi connectivity index (χ3n) is 10.4. The van der Waals surface area contributed by atoms with E-state index in [-0.39, 0.29) is 18.8 Å². The minimum Gasteiger partial charge on any atom is -0.491 e. The van der Waals surface area contributed by atoms with Gasteiger partial charge >= 0.3 is 0 Å². The predicted molar refractivity (Wildman–Crippen MR) is 224 cm³/mol. The summed E-state index contributed by atoms with van der Waals surface area (Å²) >= 11 is 0. The second-order valence-corrected chi connectivity index (χ2v) is 14.5. The van der Waals surface area contributed by atoms with E-state index in [0.29, 0.717) is 121 Å². The van der Waals surface area contributed by atoms with Crippen molar-refractivity contribution in [2.24, 2.45) is 21.5 Å². The summed E-state index contributed by atoms with van der Waals surface area (Å²) in [4.78, 5) is 61.7. The number of amides is 4. The van der Waals surface area contributed by atoms with Crippen molar-refractivity contribution >= 4 is 45.7 Å². The molecule has 0 radical (unpaired) electrons. The zero-order valence-corrected chi connectivity index (χ0v) is 35.1. The molecule has 4 heterocycles. The maximum Gasteiger partial charge on any atom is 0.298 e. The molecule has 4 amide bonds. The molecule has 6 aromatic rings. The quantitative estimate of drug-likeness (QED) is 0.108. The van der Waals surface area contributed by atoms with E-state index in [2.05, 4.69) is 20.2 Å². The number of unbranched alkanes of at least 4 members (excludes halogenated alkanes) is 2. The van der Waals surface area contributed by atoms with Crippen molar-refractivity contribution in [3.63, 3.8) is 0 Å². The van der Waals surface area contributed by atoms with E-state index in [4.69, 9.17) is 16.2 Å². The molecule has 0 atom stereocenters. The van der Waals surface area contributed by atoms with E-state index in [0.717, 1.165) is 11.0 Å². The summed E-state index contributed by atoms with van der Waals surface area (Å²) in [6.45, 7) is 14.3. The Hall–Kier alpha value is -6.56. The van der Waals surface area contributed by atoms with Crippen LogP contribution in [0.25, 0.3) is 22.1 Å². The van der Waals surface area contributed by atoms with Crippen LogP contribution in [0.3, 0.4) is 0 Å². The van der Waals surface area contributed by atoms with Crippen LogP contribution in [0, 0.1) is 13.8 Å². The van der Waals surface area contributed by atoms with Gasteiger partial charge in [-0.1, -0.05) is 0 Å². The highest BCUT2D eigenvalue weighted by molar-refractivity contribution is 5.99. The number of hydrogen-bond acceptors (Lipinski definition) is 8. The Kier molecular flexibility index (Phi) is 13.3. The Morgan fingerprint density at radius 1 is 0.633 bits per heavy atom. The van der Waals surface area contributed by atoms with Gasteiger partial charge in [0.25, 0.3) is 11.8 Å². The first-order chi connectivity index (χ1) is 28.8. The molecule has 4 aromatic heterocycles. The number of nitrogens with two attached hydrogens (primary N) is 2. The van der Waals surface area contributed by atoms with Crippen molar-refractivity contribution in [3.8, 4) is 5.75 Å². The SMILES string of the molecule is CCn1nc(C)cc1C(=O)N=c1n(CC)c2cc(C(N)=O)ccc2n1CCCCCn1c(=NC(=O)c2cc(C)nn2CC)n(CC)c2cc(C(N)=O)cc(OCCCO)c21. The molecule has 0 aliphatic carbocycles. The highest BCUT2D eigenvalue weighted by Gasteiger charge is 2.22. The van der Waals surface area contributed by atoms with E-state index in [1.807, 2.05) is 65.9 Å². The van der Waals surface area contributed by atoms with E-state index in [1.165, 1.54) is 0 Å². The molecular weight excluding hydrogens is 769 g/mol. The van der Waals surface area contributed by atoms with Gasteiger partial charge in [-0.25, -0.2) is 0 Å². The number of benzene rings is 2. The third-order valence-corrected chi connectivity index (χ3v) is 10.4. The minimum absolute atomic E-state index is 0.0816. The molecule has 6 rings (SSSR count). The second kappa shape index (κ2) is 18.6. The highest BCUT2D eigenvalue weighted by atomic mass is 16.5. The van der Waals surface area contributed by atoms with Gasteiger partial charge in [-0.3, -0.25) is 28.5 Å². The Morgan fingerprint density at radius 3 is 1.70 bits per heavy atom. The van der Waals surface area contributed by atoms with Crippen LogP contribution in [0.15, 0.2) is 52.4 Å². The first kappa shape index (κ1) is 43.0. The molecule has 2 aromatic carbocycles. The lowest BCUT2D eigenvalue weighted by Gasteiger charge is -2.12. The number of aromatic nitrogens is 8. The van der Waals surface area contributed by atoms with Crippen molar-refractivity contribution in [2.45, 2.75) is 106 Å². The fourth-order valence-corrected chi connectivity index (χ4v) is 7.63. The molecule has 18 nitrogen and oxygen atoms in total. The molecule has 0 bridgehead atoms. The number of imidazole rings is 2. The highest BCUT2D eigenvalue weighted by Crippen LogP contribution is 2.29. The van der Waals surface area contributed by atoms with Gasteiger partial charge in [0.15, 0.2) is 0 Å². The molecule has 0 spiro atoms. The summed E-state index contributed by atoms with van der Waals surface area (Å²) in [5, 5.41) is 18.4. The Morgan fingerprint density at radius 2 is 1.17 bits per heavy atom. The zero-order chi connectivity index (χ0) is 43.2. The summed E-state index contributed by atoms with van der Waals surface area (Å²) < 4.78 is 17.1. The maximum absolute atomic E-state index is 13.9. The van der Waals surface area contributed by atoms with Crippen molar-refractivity contribution in [1.82, 2.24) is 37.8 Å². The van der Waals surface area contributed by atoms with Gasteiger partial charge in [-0.15, -0.1) is 0 Å². The van der Waals surface area contributed by atoms with Crippen molar-refractivity contribution in [3.05, 3.63) is 87.6 Å². The van der Waals surface area contributed by atoms with Gasteiger partial charge in [0, 0.05) is 63.4 Å². The van der Waals surface area contributed by atoms with Gasteiger partial charge in [-0.05, 0) is 103 Å².